The average molecular weight is 521 g/mol. The number of hydrogen-bond acceptors (Lipinski definition) is 8. The second kappa shape index (κ2) is 10.3. The highest BCUT2D eigenvalue weighted by Gasteiger charge is 2.27. The first-order valence-electron chi connectivity index (χ1n) is 12.7. The summed E-state index contributed by atoms with van der Waals surface area (Å²) in [6.45, 7) is 3.32. The first kappa shape index (κ1) is 25.5. The van der Waals surface area contributed by atoms with Gasteiger partial charge in [-0.2, -0.15) is 0 Å². The Hall–Kier alpha value is -4.12. The number of benzene rings is 2. The van der Waals surface area contributed by atoms with Crippen molar-refractivity contribution in [1.29, 1.82) is 0 Å². The first-order valence-corrected chi connectivity index (χ1v) is 12.7. The standard InChI is InChI=1S/C27H32N6O5/c1-4-31-24-23(29-27(31)30-13-7-8-18(28)15-30)25(35)33(16-22(34)38-3)32(26(24)36)14-17-11-12-21(37-2)20-10-6-5-9-19(17)20/h5-6,9-12,18H,4,7-8,13-16,28H2,1-3H3. The smallest absolute Gasteiger partial charge is 0.327 e. The maximum absolute atomic E-state index is 14.1. The van der Waals surface area contributed by atoms with Crippen molar-refractivity contribution in [2.75, 3.05) is 32.2 Å². The Morgan fingerprint density at radius 2 is 1.84 bits per heavy atom. The highest BCUT2D eigenvalue weighted by Crippen LogP contribution is 2.29. The van der Waals surface area contributed by atoms with Gasteiger partial charge in [-0.15, -0.1) is 0 Å². The van der Waals surface area contributed by atoms with E-state index >= 15 is 0 Å². The number of fused-ring (bicyclic) bond motifs is 2. The van der Waals surface area contributed by atoms with Crippen molar-refractivity contribution in [3.05, 3.63) is 62.7 Å². The minimum Gasteiger partial charge on any atom is -0.496 e. The van der Waals surface area contributed by atoms with Crippen LogP contribution in [0.2, 0.25) is 0 Å². The molecule has 1 saturated heterocycles. The molecule has 200 valence electrons. The predicted molar refractivity (Wildman–Crippen MR) is 145 cm³/mol. The van der Waals surface area contributed by atoms with Gasteiger partial charge in [0.05, 0.1) is 20.8 Å². The van der Waals surface area contributed by atoms with E-state index in [-0.39, 0.29) is 23.6 Å². The average Bonchev–Trinajstić information content (AvgIpc) is 3.33. The number of nitrogens with two attached hydrogens (primary N) is 1. The van der Waals surface area contributed by atoms with E-state index in [1.54, 1.807) is 11.7 Å². The SMILES string of the molecule is CCn1c(N2CCCC(N)C2)nc2c(=O)n(CC(=O)OC)n(Cc3ccc(OC)c4ccccc34)c(=O)c21. The van der Waals surface area contributed by atoms with Gasteiger partial charge in [0.25, 0.3) is 11.1 Å². The van der Waals surface area contributed by atoms with Crippen molar-refractivity contribution in [1.82, 2.24) is 18.9 Å². The van der Waals surface area contributed by atoms with E-state index < -0.39 is 23.6 Å². The molecule has 5 rings (SSSR count). The molecule has 0 bridgehead atoms. The van der Waals surface area contributed by atoms with Gasteiger partial charge in [0.2, 0.25) is 5.95 Å². The van der Waals surface area contributed by atoms with Crippen LogP contribution in [-0.4, -0.2) is 58.2 Å². The molecule has 1 aliphatic heterocycles. The maximum atomic E-state index is 14.1. The lowest BCUT2D eigenvalue weighted by molar-refractivity contribution is -0.141. The number of hydrogen-bond donors (Lipinski definition) is 1. The monoisotopic (exact) mass is 520 g/mol. The second-order valence-corrected chi connectivity index (χ2v) is 9.48. The molecule has 38 heavy (non-hydrogen) atoms. The molecule has 0 saturated carbocycles. The summed E-state index contributed by atoms with van der Waals surface area (Å²) in [6, 6.07) is 11.4. The van der Waals surface area contributed by atoms with Gasteiger partial charge in [-0.05, 0) is 36.8 Å². The van der Waals surface area contributed by atoms with E-state index in [1.165, 1.54) is 11.8 Å². The number of esters is 1. The van der Waals surface area contributed by atoms with Crippen molar-refractivity contribution in [2.24, 2.45) is 5.73 Å². The molecule has 0 radical (unpaired) electrons. The lowest BCUT2D eigenvalue weighted by atomic mass is 10.0. The molecule has 3 heterocycles. The van der Waals surface area contributed by atoms with Gasteiger partial charge in [0, 0.05) is 31.1 Å². The van der Waals surface area contributed by atoms with Gasteiger partial charge in [-0.25, -0.2) is 14.3 Å². The van der Waals surface area contributed by atoms with Crippen molar-refractivity contribution in [2.45, 2.75) is 45.4 Å². The van der Waals surface area contributed by atoms with E-state index in [0.717, 1.165) is 40.4 Å². The Balaban J connectivity index is 1.75. The zero-order valence-electron chi connectivity index (χ0n) is 21.8. The van der Waals surface area contributed by atoms with Gasteiger partial charge in [-0.1, -0.05) is 30.3 Å². The molecule has 0 amide bonds. The van der Waals surface area contributed by atoms with E-state index in [4.69, 9.17) is 15.2 Å². The Labute approximate surface area is 219 Å². The second-order valence-electron chi connectivity index (χ2n) is 9.48. The fourth-order valence-electron chi connectivity index (χ4n) is 5.32. The summed E-state index contributed by atoms with van der Waals surface area (Å²) < 4.78 is 14.6. The molecule has 11 nitrogen and oxygen atoms in total. The fraction of sp³-hybridized carbons (Fsp3) is 0.407. The number of aryl methyl sites for hydroxylation is 1. The molecule has 0 spiro atoms. The van der Waals surface area contributed by atoms with Gasteiger partial charge in [-0.3, -0.25) is 14.4 Å². The molecule has 2 aromatic heterocycles. The lowest BCUT2D eigenvalue weighted by Crippen LogP contribution is -2.44. The summed E-state index contributed by atoms with van der Waals surface area (Å²) >= 11 is 0. The topological polar surface area (TPSA) is 127 Å². The van der Waals surface area contributed by atoms with Gasteiger partial charge in [0.1, 0.15) is 17.8 Å². The summed E-state index contributed by atoms with van der Waals surface area (Å²) in [5, 5.41) is 1.76. The molecule has 1 atom stereocenters. The molecular weight excluding hydrogens is 488 g/mol. The van der Waals surface area contributed by atoms with Crippen molar-refractivity contribution < 1.29 is 14.3 Å². The van der Waals surface area contributed by atoms with Crippen molar-refractivity contribution >= 4 is 33.7 Å². The Kier molecular flexibility index (Phi) is 6.94. The van der Waals surface area contributed by atoms with Crippen LogP contribution in [0.1, 0.15) is 25.3 Å². The number of imidazole rings is 1. The van der Waals surface area contributed by atoms with Crippen molar-refractivity contribution in [3.8, 4) is 5.75 Å². The minimum atomic E-state index is -0.642. The van der Waals surface area contributed by atoms with E-state index in [0.29, 0.717) is 24.8 Å². The Morgan fingerprint density at radius 1 is 1.08 bits per heavy atom. The van der Waals surface area contributed by atoms with E-state index in [2.05, 4.69) is 4.98 Å². The number of piperidine rings is 1. The number of ether oxygens (including phenoxy) is 2. The zero-order chi connectivity index (χ0) is 27.0. The summed E-state index contributed by atoms with van der Waals surface area (Å²) in [7, 11) is 2.85. The lowest BCUT2D eigenvalue weighted by Gasteiger charge is -2.31. The molecule has 1 fully saturated rings. The molecule has 11 heteroatoms. The molecule has 1 aliphatic rings. The van der Waals surface area contributed by atoms with Crippen LogP contribution in [0.25, 0.3) is 21.8 Å². The van der Waals surface area contributed by atoms with Crippen LogP contribution >= 0.6 is 0 Å². The van der Waals surface area contributed by atoms with Crippen molar-refractivity contribution in [3.63, 3.8) is 0 Å². The first-order chi connectivity index (χ1) is 18.4. The van der Waals surface area contributed by atoms with Crippen LogP contribution in [0.4, 0.5) is 5.95 Å². The molecule has 1 unspecified atom stereocenters. The van der Waals surface area contributed by atoms with Crippen LogP contribution in [0, 0.1) is 0 Å². The van der Waals surface area contributed by atoms with Gasteiger partial charge in [0.15, 0.2) is 5.52 Å². The number of methoxy groups -OCH3 is 2. The Bertz CT molecular complexity index is 1640. The maximum Gasteiger partial charge on any atom is 0.327 e. The third-order valence-corrected chi connectivity index (χ3v) is 7.19. The number of aromatic nitrogens is 4. The normalized spacial score (nSPS) is 15.8. The van der Waals surface area contributed by atoms with Gasteiger partial charge < -0.3 is 24.7 Å². The number of carbonyl (C=O) groups excluding carboxylic acids is 1. The summed E-state index contributed by atoms with van der Waals surface area (Å²) in [5.74, 6) is 0.605. The largest absolute Gasteiger partial charge is 0.496 e. The predicted octanol–water partition coefficient (Wildman–Crippen LogP) is 1.69. The number of rotatable bonds is 7. The summed E-state index contributed by atoms with van der Waals surface area (Å²) in [6.07, 6.45) is 1.81. The van der Waals surface area contributed by atoms with E-state index in [1.807, 2.05) is 48.2 Å². The molecular formula is C27H32N6O5. The molecule has 2 aromatic carbocycles. The summed E-state index contributed by atoms with van der Waals surface area (Å²) in [5.41, 5.74) is 6.31. The quantitative estimate of drug-likeness (QED) is 0.365. The highest BCUT2D eigenvalue weighted by molar-refractivity contribution is 5.91. The third-order valence-electron chi connectivity index (χ3n) is 7.19. The van der Waals surface area contributed by atoms with Crippen LogP contribution in [0.15, 0.2) is 46.0 Å². The molecule has 2 N–H and O–H groups in total. The summed E-state index contributed by atoms with van der Waals surface area (Å²) in [4.78, 5) is 46.9. The fourth-order valence-corrected chi connectivity index (χ4v) is 5.32. The zero-order valence-corrected chi connectivity index (χ0v) is 21.8. The highest BCUT2D eigenvalue weighted by atomic mass is 16.5. The number of anilines is 1. The van der Waals surface area contributed by atoms with Crippen LogP contribution in [0.3, 0.4) is 0 Å². The van der Waals surface area contributed by atoms with Crippen LogP contribution in [0.5, 0.6) is 5.75 Å². The van der Waals surface area contributed by atoms with Gasteiger partial charge >= 0.3 is 5.97 Å². The Morgan fingerprint density at radius 3 is 2.53 bits per heavy atom. The number of nitrogens with zero attached hydrogens (tertiary/aromatic N) is 5. The third kappa shape index (κ3) is 4.32. The van der Waals surface area contributed by atoms with E-state index in [9.17, 15) is 14.4 Å². The minimum absolute atomic E-state index is 0.00939. The van der Waals surface area contributed by atoms with Crippen LogP contribution < -0.4 is 26.5 Å². The molecule has 4 aromatic rings. The molecule has 0 aliphatic carbocycles. The number of carbonyl (C=O) groups is 1. The van der Waals surface area contributed by atoms with Crippen LogP contribution in [-0.2, 0) is 29.2 Å².